The zero-order chi connectivity index (χ0) is 10.8. The van der Waals surface area contributed by atoms with Gasteiger partial charge in [0, 0.05) is 12.5 Å². The lowest BCUT2D eigenvalue weighted by molar-refractivity contribution is 0.0694. The summed E-state index contributed by atoms with van der Waals surface area (Å²) < 4.78 is 0. The molecule has 2 N–H and O–H groups in total. The molecule has 0 saturated carbocycles. The number of aliphatic hydroxyl groups is 1. The summed E-state index contributed by atoms with van der Waals surface area (Å²) in [7, 11) is 0. The van der Waals surface area contributed by atoms with Crippen LogP contribution in [0.15, 0.2) is 18.2 Å². The highest BCUT2D eigenvalue weighted by Crippen LogP contribution is 2.33. The first-order chi connectivity index (χ1) is 7.24. The molecule has 2 rings (SSSR count). The zero-order valence-electron chi connectivity index (χ0n) is 8.44. The highest BCUT2D eigenvalue weighted by atomic mass is 16.4. The Morgan fingerprint density at radius 1 is 1.47 bits per heavy atom. The van der Waals surface area contributed by atoms with Gasteiger partial charge >= 0.3 is 5.97 Å². The van der Waals surface area contributed by atoms with Crippen LogP contribution in [-0.4, -0.2) is 22.8 Å². The Bertz CT molecular complexity index is 384. The number of hydrogen-bond donors (Lipinski definition) is 2. The molecule has 1 aliphatic carbocycles. The SMILES string of the molecule is O=C(O)c1cccc2c1C(CO)CCC2. The van der Waals surface area contributed by atoms with Crippen LogP contribution in [0.2, 0.25) is 0 Å². The Morgan fingerprint density at radius 2 is 2.27 bits per heavy atom. The number of aryl methyl sites for hydroxylation is 1. The van der Waals surface area contributed by atoms with Gasteiger partial charge in [-0.2, -0.15) is 0 Å². The van der Waals surface area contributed by atoms with Gasteiger partial charge in [-0.3, -0.25) is 0 Å². The van der Waals surface area contributed by atoms with Gasteiger partial charge in [0.05, 0.1) is 5.56 Å². The number of benzene rings is 1. The monoisotopic (exact) mass is 206 g/mol. The molecule has 3 nitrogen and oxygen atoms in total. The second kappa shape index (κ2) is 4.03. The van der Waals surface area contributed by atoms with E-state index in [4.69, 9.17) is 5.11 Å². The lowest BCUT2D eigenvalue weighted by atomic mass is 9.80. The summed E-state index contributed by atoms with van der Waals surface area (Å²) in [5.41, 5.74) is 2.28. The Balaban J connectivity index is 2.54. The molecule has 1 aromatic carbocycles. The van der Waals surface area contributed by atoms with Crippen molar-refractivity contribution >= 4 is 5.97 Å². The van der Waals surface area contributed by atoms with Crippen molar-refractivity contribution in [2.45, 2.75) is 25.2 Å². The van der Waals surface area contributed by atoms with E-state index < -0.39 is 5.97 Å². The van der Waals surface area contributed by atoms with Crippen LogP contribution >= 0.6 is 0 Å². The Hall–Kier alpha value is -1.35. The fraction of sp³-hybridized carbons (Fsp3) is 0.417. The van der Waals surface area contributed by atoms with Crippen LogP contribution in [0.5, 0.6) is 0 Å². The molecule has 0 fully saturated rings. The van der Waals surface area contributed by atoms with E-state index in [0.29, 0.717) is 5.56 Å². The van der Waals surface area contributed by atoms with Crippen molar-refractivity contribution in [2.75, 3.05) is 6.61 Å². The van der Waals surface area contributed by atoms with Gasteiger partial charge in [-0.25, -0.2) is 4.79 Å². The van der Waals surface area contributed by atoms with Crippen molar-refractivity contribution in [2.24, 2.45) is 0 Å². The van der Waals surface area contributed by atoms with Crippen molar-refractivity contribution in [1.29, 1.82) is 0 Å². The lowest BCUT2D eigenvalue weighted by Crippen LogP contribution is -2.17. The smallest absolute Gasteiger partial charge is 0.335 e. The summed E-state index contributed by atoms with van der Waals surface area (Å²) in [4.78, 5) is 11.1. The minimum absolute atomic E-state index is 0.000972. The van der Waals surface area contributed by atoms with Crippen LogP contribution in [0.1, 0.15) is 40.2 Å². The second-order valence-corrected chi connectivity index (χ2v) is 3.96. The molecule has 0 saturated heterocycles. The van der Waals surface area contributed by atoms with Gasteiger partial charge in [-0.15, -0.1) is 0 Å². The number of rotatable bonds is 2. The summed E-state index contributed by atoms with van der Waals surface area (Å²) in [5.74, 6) is -0.895. The number of carboxylic acids is 1. The van der Waals surface area contributed by atoms with Crippen LogP contribution < -0.4 is 0 Å². The third-order valence-corrected chi connectivity index (χ3v) is 3.05. The van der Waals surface area contributed by atoms with Crippen molar-refractivity contribution in [3.05, 3.63) is 34.9 Å². The lowest BCUT2D eigenvalue weighted by Gasteiger charge is -2.25. The van der Waals surface area contributed by atoms with E-state index in [9.17, 15) is 9.90 Å². The Kier molecular flexibility index (Phi) is 2.73. The van der Waals surface area contributed by atoms with Crippen molar-refractivity contribution in [3.63, 3.8) is 0 Å². The quantitative estimate of drug-likeness (QED) is 0.775. The van der Waals surface area contributed by atoms with E-state index in [1.807, 2.05) is 6.07 Å². The topological polar surface area (TPSA) is 57.5 Å². The number of aromatic carboxylic acids is 1. The van der Waals surface area contributed by atoms with Crippen molar-refractivity contribution in [1.82, 2.24) is 0 Å². The molecule has 0 aliphatic heterocycles. The predicted molar refractivity (Wildman–Crippen MR) is 56.2 cm³/mol. The summed E-state index contributed by atoms with van der Waals surface area (Å²) in [5, 5.41) is 18.3. The van der Waals surface area contributed by atoms with E-state index in [0.717, 1.165) is 30.4 Å². The zero-order valence-corrected chi connectivity index (χ0v) is 8.44. The molecule has 1 aromatic rings. The molecule has 3 heteroatoms. The van der Waals surface area contributed by atoms with Gasteiger partial charge in [0.15, 0.2) is 0 Å². The van der Waals surface area contributed by atoms with Gasteiger partial charge in [-0.1, -0.05) is 12.1 Å². The highest BCUT2D eigenvalue weighted by molar-refractivity contribution is 5.90. The van der Waals surface area contributed by atoms with Crippen LogP contribution in [0, 0.1) is 0 Å². The molecule has 0 spiro atoms. The number of carboxylic acid groups (broad SMARTS) is 1. The summed E-state index contributed by atoms with van der Waals surface area (Å²) in [6.45, 7) is 0.0390. The van der Waals surface area contributed by atoms with E-state index in [-0.39, 0.29) is 12.5 Å². The molecule has 0 aromatic heterocycles. The van der Waals surface area contributed by atoms with E-state index in [1.54, 1.807) is 12.1 Å². The largest absolute Gasteiger partial charge is 0.478 e. The number of aliphatic hydroxyl groups excluding tert-OH is 1. The highest BCUT2D eigenvalue weighted by Gasteiger charge is 2.24. The third-order valence-electron chi connectivity index (χ3n) is 3.05. The molecule has 1 aliphatic rings. The minimum Gasteiger partial charge on any atom is -0.478 e. The predicted octanol–water partition coefficient (Wildman–Crippen LogP) is 1.80. The van der Waals surface area contributed by atoms with E-state index in [2.05, 4.69) is 0 Å². The molecular weight excluding hydrogens is 192 g/mol. The molecular formula is C12H14O3. The number of hydrogen-bond acceptors (Lipinski definition) is 2. The third kappa shape index (κ3) is 1.75. The first-order valence-electron chi connectivity index (χ1n) is 5.20. The Labute approximate surface area is 88.4 Å². The number of fused-ring (bicyclic) bond motifs is 1. The standard InChI is InChI=1S/C12H14O3/c13-7-9-5-1-3-8-4-2-6-10(11(8)9)12(14)15/h2,4,6,9,13H,1,3,5,7H2,(H,14,15). The molecule has 15 heavy (non-hydrogen) atoms. The average Bonchev–Trinajstić information content (AvgIpc) is 2.27. The van der Waals surface area contributed by atoms with Crippen molar-refractivity contribution in [3.8, 4) is 0 Å². The van der Waals surface area contributed by atoms with Crippen LogP contribution in [0.25, 0.3) is 0 Å². The maximum Gasteiger partial charge on any atom is 0.335 e. The molecule has 80 valence electrons. The molecule has 0 amide bonds. The first kappa shape index (κ1) is 10.2. The molecule has 0 radical (unpaired) electrons. The van der Waals surface area contributed by atoms with Gasteiger partial charge in [0.1, 0.15) is 0 Å². The molecule has 0 bridgehead atoms. The Morgan fingerprint density at radius 3 is 2.93 bits per heavy atom. The second-order valence-electron chi connectivity index (χ2n) is 3.96. The minimum atomic E-state index is -0.896. The maximum atomic E-state index is 11.1. The summed E-state index contributed by atoms with van der Waals surface area (Å²) >= 11 is 0. The molecule has 1 unspecified atom stereocenters. The molecule has 0 heterocycles. The number of carbonyl (C=O) groups is 1. The summed E-state index contributed by atoms with van der Waals surface area (Å²) in [6, 6.07) is 5.36. The van der Waals surface area contributed by atoms with Crippen LogP contribution in [0.4, 0.5) is 0 Å². The maximum absolute atomic E-state index is 11.1. The summed E-state index contributed by atoms with van der Waals surface area (Å²) in [6.07, 6.45) is 2.84. The van der Waals surface area contributed by atoms with Crippen LogP contribution in [-0.2, 0) is 6.42 Å². The van der Waals surface area contributed by atoms with Gasteiger partial charge in [-0.05, 0) is 36.5 Å². The normalized spacial score (nSPS) is 19.7. The van der Waals surface area contributed by atoms with Gasteiger partial charge in [0.2, 0.25) is 0 Å². The van der Waals surface area contributed by atoms with E-state index >= 15 is 0 Å². The first-order valence-corrected chi connectivity index (χ1v) is 5.20. The molecule has 1 atom stereocenters. The fourth-order valence-electron chi connectivity index (χ4n) is 2.37. The van der Waals surface area contributed by atoms with Gasteiger partial charge < -0.3 is 10.2 Å². The average molecular weight is 206 g/mol. The van der Waals surface area contributed by atoms with Crippen molar-refractivity contribution < 1.29 is 15.0 Å². The fourth-order valence-corrected chi connectivity index (χ4v) is 2.37. The van der Waals surface area contributed by atoms with Crippen LogP contribution in [0.3, 0.4) is 0 Å². The van der Waals surface area contributed by atoms with E-state index in [1.165, 1.54) is 0 Å². The van der Waals surface area contributed by atoms with Gasteiger partial charge in [0.25, 0.3) is 0 Å².